The quantitative estimate of drug-likeness (QED) is 0.521. The number of thioether (sulfide) groups is 1. The maximum Gasteiger partial charge on any atom is 0.269 e. The number of nitro groups is 1. The van der Waals surface area contributed by atoms with E-state index in [4.69, 9.17) is 0 Å². The molecular formula is C14H11FN2O3S. The van der Waals surface area contributed by atoms with Crippen molar-refractivity contribution in [2.45, 2.75) is 4.90 Å². The van der Waals surface area contributed by atoms with Crippen LogP contribution in [0.25, 0.3) is 0 Å². The Morgan fingerprint density at radius 2 is 1.95 bits per heavy atom. The van der Waals surface area contributed by atoms with Gasteiger partial charge in [-0.1, -0.05) is 6.07 Å². The summed E-state index contributed by atoms with van der Waals surface area (Å²) < 4.78 is 13.0. The summed E-state index contributed by atoms with van der Waals surface area (Å²) in [6.07, 6.45) is 0. The maximum absolute atomic E-state index is 13.0. The molecule has 0 unspecified atom stereocenters. The van der Waals surface area contributed by atoms with Gasteiger partial charge in [-0.15, -0.1) is 11.8 Å². The van der Waals surface area contributed by atoms with Gasteiger partial charge in [-0.2, -0.15) is 0 Å². The Hall–Kier alpha value is -2.41. The summed E-state index contributed by atoms with van der Waals surface area (Å²) in [5, 5.41) is 13.1. The third-order valence-electron chi connectivity index (χ3n) is 2.53. The van der Waals surface area contributed by atoms with E-state index in [9.17, 15) is 19.3 Å². The minimum atomic E-state index is -0.481. The largest absolute Gasteiger partial charge is 0.325 e. The van der Waals surface area contributed by atoms with Crippen LogP contribution in [0.4, 0.5) is 15.8 Å². The van der Waals surface area contributed by atoms with Crippen LogP contribution in [0.5, 0.6) is 0 Å². The number of carbonyl (C=O) groups excluding carboxylic acids is 1. The molecule has 0 saturated carbocycles. The number of halogens is 1. The van der Waals surface area contributed by atoms with Gasteiger partial charge in [-0.05, 0) is 30.3 Å². The smallest absolute Gasteiger partial charge is 0.269 e. The first-order chi connectivity index (χ1) is 10.0. The lowest BCUT2D eigenvalue weighted by Crippen LogP contribution is -2.13. The minimum absolute atomic E-state index is 0.00330. The van der Waals surface area contributed by atoms with E-state index >= 15 is 0 Å². The topological polar surface area (TPSA) is 72.2 Å². The summed E-state index contributed by atoms with van der Waals surface area (Å²) in [5.74, 6) is -0.561. The SMILES string of the molecule is O=C(CSc1ccc([N+](=O)[O-])cc1)Nc1cccc(F)c1. The molecule has 1 N–H and O–H groups in total. The zero-order valence-corrected chi connectivity index (χ0v) is 11.6. The highest BCUT2D eigenvalue weighted by molar-refractivity contribution is 8.00. The Labute approximate surface area is 124 Å². The van der Waals surface area contributed by atoms with Crippen LogP contribution in [0, 0.1) is 15.9 Å². The number of hydrogen-bond acceptors (Lipinski definition) is 4. The molecule has 0 radical (unpaired) electrons. The summed E-state index contributed by atoms with van der Waals surface area (Å²) in [5.41, 5.74) is 0.396. The molecule has 21 heavy (non-hydrogen) atoms. The van der Waals surface area contributed by atoms with E-state index in [1.54, 1.807) is 18.2 Å². The maximum atomic E-state index is 13.0. The monoisotopic (exact) mass is 306 g/mol. The molecule has 1 amide bonds. The highest BCUT2D eigenvalue weighted by Crippen LogP contribution is 2.21. The zero-order chi connectivity index (χ0) is 15.2. The molecule has 2 aromatic carbocycles. The predicted molar refractivity (Wildman–Crippen MR) is 78.9 cm³/mol. The Morgan fingerprint density at radius 1 is 1.24 bits per heavy atom. The molecule has 0 fully saturated rings. The molecule has 0 aliphatic rings. The summed E-state index contributed by atoms with van der Waals surface area (Å²) >= 11 is 1.24. The van der Waals surface area contributed by atoms with Gasteiger partial charge in [-0.3, -0.25) is 14.9 Å². The zero-order valence-electron chi connectivity index (χ0n) is 10.8. The van der Waals surface area contributed by atoms with E-state index in [1.807, 2.05) is 0 Å². The third kappa shape index (κ3) is 4.57. The first-order valence-corrected chi connectivity index (χ1v) is 6.96. The van der Waals surface area contributed by atoms with Crippen LogP contribution in [0.15, 0.2) is 53.4 Å². The van der Waals surface area contributed by atoms with Gasteiger partial charge in [0.1, 0.15) is 5.82 Å². The molecule has 108 valence electrons. The van der Waals surface area contributed by atoms with Gasteiger partial charge < -0.3 is 5.32 Å². The number of rotatable bonds is 5. The van der Waals surface area contributed by atoms with Crippen LogP contribution in [-0.4, -0.2) is 16.6 Å². The van der Waals surface area contributed by atoms with Crippen molar-refractivity contribution >= 4 is 29.0 Å². The molecule has 0 aromatic heterocycles. The van der Waals surface area contributed by atoms with Crippen LogP contribution in [0.2, 0.25) is 0 Å². The second-order valence-electron chi connectivity index (χ2n) is 4.10. The summed E-state index contributed by atoms with van der Waals surface area (Å²) in [6, 6.07) is 11.6. The van der Waals surface area contributed by atoms with Crippen molar-refractivity contribution in [1.29, 1.82) is 0 Å². The average Bonchev–Trinajstić information content (AvgIpc) is 2.45. The molecule has 0 bridgehead atoms. The second kappa shape index (κ2) is 6.85. The molecular weight excluding hydrogens is 295 g/mol. The number of nitrogens with one attached hydrogen (secondary N) is 1. The van der Waals surface area contributed by atoms with Crippen molar-refractivity contribution < 1.29 is 14.1 Å². The van der Waals surface area contributed by atoms with Crippen molar-refractivity contribution in [3.05, 3.63) is 64.5 Å². The Kier molecular flexibility index (Phi) is 4.89. The van der Waals surface area contributed by atoms with Gasteiger partial charge in [0.05, 0.1) is 10.7 Å². The van der Waals surface area contributed by atoms with E-state index in [2.05, 4.69) is 5.32 Å². The number of carbonyl (C=O) groups is 1. The van der Waals surface area contributed by atoms with E-state index in [0.717, 1.165) is 4.90 Å². The number of nitro benzene ring substituents is 1. The number of anilines is 1. The number of benzene rings is 2. The van der Waals surface area contributed by atoms with Gasteiger partial charge in [0.25, 0.3) is 5.69 Å². The van der Waals surface area contributed by atoms with E-state index < -0.39 is 10.7 Å². The third-order valence-corrected chi connectivity index (χ3v) is 3.54. The summed E-state index contributed by atoms with van der Waals surface area (Å²) in [4.78, 5) is 22.5. The van der Waals surface area contributed by atoms with E-state index in [0.29, 0.717) is 5.69 Å². The molecule has 5 nitrogen and oxygen atoms in total. The molecule has 0 spiro atoms. The fourth-order valence-electron chi connectivity index (χ4n) is 1.58. The Balaban J connectivity index is 1.87. The minimum Gasteiger partial charge on any atom is -0.325 e. The highest BCUT2D eigenvalue weighted by Gasteiger charge is 2.07. The Morgan fingerprint density at radius 3 is 2.57 bits per heavy atom. The number of nitrogens with zero attached hydrogens (tertiary/aromatic N) is 1. The fraction of sp³-hybridized carbons (Fsp3) is 0.0714. The van der Waals surface area contributed by atoms with Crippen molar-refractivity contribution in [1.82, 2.24) is 0 Å². The van der Waals surface area contributed by atoms with Crippen LogP contribution in [0.1, 0.15) is 0 Å². The molecule has 0 aliphatic heterocycles. The summed E-state index contributed by atoms with van der Waals surface area (Å²) in [6.45, 7) is 0. The molecule has 0 heterocycles. The lowest BCUT2D eigenvalue weighted by molar-refractivity contribution is -0.384. The second-order valence-corrected chi connectivity index (χ2v) is 5.15. The van der Waals surface area contributed by atoms with Crippen molar-refractivity contribution in [3.8, 4) is 0 Å². The van der Waals surface area contributed by atoms with Crippen LogP contribution in [0.3, 0.4) is 0 Å². The van der Waals surface area contributed by atoms with Gasteiger partial charge in [0, 0.05) is 22.7 Å². The summed E-state index contributed by atoms with van der Waals surface area (Å²) in [7, 11) is 0. The van der Waals surface area contributed by atoms with Crippen LogP contribution >= 0.6 is 11.8 Å². The molecule has 0 saturated heterocycles. The average molecular weight is 306 g/mol. The van der Waals surface area contributed by atoms with Gasteiger partial charge in [0.2, 0.25) is 5.91 Å². The molecule has 0 aliphatic carbocycles. The first kappa shape index (κ1) is 15.0. The van der Waals surface area contributed by atoms with Gasteiger partial charge >= 0.3 is 0 Å². The van der Waals surface area contributed by atoms with Crippen LogP contribution < -0.4 is 5.32 Å². The predicted octanol–water partition coefficient (Wildman–Crippen LogP) is 3.46. The normalized spacial score (nSPS) is 10.1. The number of amides is 1. The van der Waals surface area contributed by atoms with Gasteiger partial charge in [0.15, 0.2) is 0 Å². The van der Waals surface area contributed by atoms with Crippen LogP contribution in [-0.2, 0) is 4.79 Å². The standard InChI is InChI=1S/C14H11FN2O3S/c15-10-2-1-3-11(8-10)16-14(18)9-21-13-6-4-12(5-7-13)17(19)20/h1-8H,9H2,(H,16,18). The lowest BCUT2D eigenvalue weighted by Gasteiger charge is -2.05. The van der Waals surface area contributed by atoms with Crippen molar-refractivity contribution in [2.75, 3.05) is 11.1 Å². The number of non-ortho nitro benzene ring substituents is 1. The Bertz CT molecular complexity index is 662. The number of hydrogen-bond donors (Lipinski definition) is 1. The molecule has 7 heteroatoms. The fourth-order valence-corrected chi connectivity index (χ4v) is 2.27. The van der Waals surface area contributed by atoms with Crippen molar-refractivity contribution in [2.24, 2.45) is 0 Å². The molecule has 0 atom stereocenters. The van der Waals surface area contributed by atoms with E-state index in [-0.39, 0.29) is 17.3 Å². The van der Waals surface area contributed by atoms with E-state index in [1.165, 1.54) is 42.1 Å². The first-order valence-electron chi connectivity index (χ1n) is 5.97. The lowest BCUT2D eigenvalue weighted by atomic mass is 10.3. The van der Waals surface area contributed by atoms with Gasteiger partial charge in [-0.25, -0.2) is 4.39 Å². The van der Waals surface area contributed by atoms with Crippen molar-refractivity contribution in [3.63, 3.8) is 0 Å². The highest BCUT2D eigenvalue weighted by atomic mass is 32.2. The molecule has 2 rings (SSSR count). The molecule has 2 aromatic rings.